The van der Waals surface area contributed by atoms with Crippen LogP contribution in [0.5, 0.6) is 0 Å². The first kappa shape index (κ1) is 10.9. The molecule has 0 aliphatic carbocycles. The minimum atomic E-state index is -1.26. The van der Waals surface area contributed by atoms with Crippen LogP contribution in [0.25, 0.3) is 0 Å². The average Bonchev–Trinajstić information content (AvgIpc) is 2.50. The summed E-state index contributed by atoms with van der Waals surface area (Å²) in [5.74, 6) is -1.97. The first-order valence-electron chi connectivity index (χ1n) is 3.34. The monoisotopic (exact) mass is 238 g/mol. The topological polar surface area (TPSA) is 68.3 Å². The third-order valence-electron chi connectivity index (χ3n) is 1.11. The van der Waals surface area contributed by atoms with Gasteiger partial charge in [0.25, 0.3) is 0 Å². The van der Waals surface area contributed by atoms with Crippen molar-refractivity contribution in [1.82, 2.24) is 4.98 Å². The van der Waals surface area contributed by atoms with E-state index in [4.69, 9.17) is 11.6 Å². The van der Waals surface area contributed by atoms with Crippen molar-refractivity contribution >= 4 is 39.9 Å². The molecular weight excluding hydrogens is 235 g/mol. The summed E-state index contributed by atoms with van der Waals surface area (Å²) in [6, 6.07) is 0. The van der Waals surface area contributed by atoms with Gasteiger partial charge in [0.1, 0.15) is 10.8 Å². The quantitative estimate of drug-likeness (QED) is 0.812. The van der Waals surface area contributed by atoms with Crippen LogP contribution in [0.2, 0.25) is 4.34 Å². The number of hydrogen-bond acceptors (Lipinski definition) is 5. The third-order valence-corrected chi connectivity index (χ3v) is 2.15. The lowest BCUT2D eigenvalue weighted by molar-refractivity contribution is -0.183. The molecule has 14 heavy (non-hydrogen) atoms. The summed E-state index contributed by atoms with van der Waals surface area (Å²) in [7, 11) is 0. The molecule has 0 spiro atoms. The van der Waals surface area contributed by atoms with E-state index in [0.717, 1.165) is 11.3 Å². The highest BCUT2D eigenvalue weighted by Crippen LogP contribution is 2.22. The molecular formula is C6H4ClFN2O3S. The fourth-order valence-electron chi connectivity index (χ4n) is 0.634. The molecule has 76 valence electrons. The highest BCUT2D eigenvalue weighted by molar-refractivity contribution is 7.19. The molecule has 1 amide bonds. The van der Waals surface area contributed by atoms with Gasteiger partial charge in [-0.15, -0.1) is 0 Å². The van der Waals surface area contributed by atoms with E-state index in [1.54, 1.807) is 0 Å². The van der Waals surface area contributed by atoms with Crippen LogP contribution >= 0.6 is 22.9 Å². The molecule has 0 fully saturated rings. The van der Waals surface area contributed by atoms with Gasteiger partial charge in [-0.05, 0) is 0 Å². The number of nitrogens with one attached hydrogen (secondary N) is 1. The number of amides is 1. The number of rotatable bonds is 3. The van der Waals surface area contributed by atoms with E-state index >= 15 is 0 Å². The maximum absolute atomic E-state index is 11.2. The lowest BCUT2D eigenvalue weighted by Crippen LogP contribution is -2.16. The maximum Gasteiger partial charge on any atom is 0.358 e. The van der Waals surface area contributed by atoms with Crippen LogP contribution in [0.4, 0.5) is 9.66 Å². The third kappa shape index (κ3) is 3.27. The average molecular weight is 239 g/mol. The zero-order chi connectivity index (χ0) is 10.6. The fraction of sp³-hybridized carbons (Fsp3) is 0.167. The fourth-order valence-corrected chi connectivity index (χ4v) is 1.46. The summed E-state index contributed by atoms with van der Waals surface area (Å²) in [5, 5.41) is 2.49. The molecule has 0 saturated heterocycles. The number of carbonyl (C=O) groups excluding carboxylic acids is 2. The highest BCUT2D eigenvalue weighted by atomic mass is 35.5. The number of nitrogens with zero attached hydrogens (tertiary/aromatic N) is 1. The smallest absolute Gasteiger partial charge is 0.301 e. The summed E-state index contributed by atoms with van der Waals surface area (Å²) < 4.78 is 11.6. The molecule has 1 heterocycles. The molecule has 0 saturated carbocycles. The van der Waals surface area contributed by atoms with E-state index < -0.39 is 18.3 Å². The number of hydrogen-bond donors (Lipinski definition) is 1. The number of halogens is 2. The van der Waals surface area contributed by atoms with Crippen LogP contribution in [-0.2, 0) is 14.5 Å². The Morgan fingerprint density at radius 2 is 2.43 bits per heavy atom. The Kier molecular flexibility index (Phi) is 3.78. The van der Waals surface area contributed by atoms with Crippen molar-refractivity contribution in [3.05, 3.63) is 10.5 Å². The van der Waals surface area contributed by atoms with Crippen molar-refractivity contribution in [2.24, 2.45) is 0 Å². The van der Waals surface area contributed by atoms with Crippen molar-refractivity contribution in [3.8, 4) is 0 Å². The SMILES string of the molecule is O=C(CC(=O)OF)Nc1ncc(Cl)s1. The number of anilines is 1. The van der Waals surface area contributed by atoms with E-state index in [1.165, 1.54) is 6.20 Å². The van der Waals surface area contributed by atoms with E-state index in [9.17, 15) is 14.1 Å². The van der Waals surface area contributed by atoms with E-state index in [0.29, 0.717) is 4.34 Å². The molecule has 1 aromatic rings. The van der Waals surface area contributed by atoms with Gasteiger partial charge in [-0.25, -0.2) is 9.78 Å². The van der Waals surface area contributed by atoms with Crippen molar-refractivity contribution in [1.29, 1.82) is 0 Å². The molecule has 0 atom stereocenters. The second-order valence-corrected chi connectivity index (χ2v) is 3.81. The van der Waals surface area contributed by atoms with Gasteiger partial charge < -0.3 is 5.32 Å². The van der Waals surface area contributed by atoms with Gasteiger partial charge in [0, 0.05) is 4.53 Å². The van der Waals surface area contributed by atoms with Gasteiger partial charge in [-0.3, -0.25) is 9.74 Å². The summed E-state index contributed by atoms with van der Waals surface area (Å²) in [5.41, 5.74) is 0. The summed E-state index contributed by atoms with van der Waals surface area (Å²) in [6.45, 7) is 0. The second-order valence-electron chi connectivity index (χ2n) is 2.14. The first-order valence-corrected chi connectivity index (χ1v) is 4.54. The Balaban J connectivity index is 2.45. The Morgan fingerprint density at radius 3 is 2.93 bits per heavy atom. The molecule has 1 rings (SSSR count). The van der Waals surface area contributed by atoms with Crippen LogP contribution < -0.4 is 5.32 Å². The summed E-state index contributed by atoms with van der Waals surface area (Å²) in [6.07, 6.45) is 0.642. The Morgan fingerprint density at radius 1 is 1.71 bits per heavy atom. The molecule has 1 N–H and O–H groups in total. The Hall–Kier alpha value is -1.21. The van der Waals surface area contributed by atoms with Crippen molar-refractivity contribution < 1.29 is 19.1 Å². The molecule has 0 aliphatic rings. The minimum absolute atomic E-state index is 0.242. The Labute approximate surface area is 86.7 Å². The molecule has 0 aliphatic heterocycles. The van der Waals surface area contributed by atoms with Crippen LogP contribution in [0.3, 0.4) is 0 Å². The molecule has 0 bridgehead atoms. The van der Waals surface area contributed by atoms with Crippen molar-refractivity contribution in [3.63, 3.8) is 0 Å². The van der Waals surface area contributed by atoms with Crippen molar-refractivity contribution in [2.75, 3.05) is 5.32 Å². The van der Waals surface area contributed by atoms with Crippen LogP contribution in [-0.4, -0.2) is 16.9 Å². The molecule has 0 aromatic carbocycles. The number of aromatic nitrogens is 1. The standard InChI is InChI=1S/C6H4ClFN2O3S/c7-3-2-9-6(14-3)10-4(11)1-5(12)13-8/h2H,1H2,(H,9,10,11). The van der Waals surface area contributed by atoms with E-state index in [-0.39, 0.29) is 5.13 Å². The van der Waals surface area contributed by atoms with Crippen LogP contribution in [0.1, 0.15) is 6.42 Å². The molecule has 5 nitrogen and oxygen atoms in total. The van der Waals surface area contributed by atoms with E-state index in [1.807, 2.05) is 0 Å². The predicted octanol–water partition coefficient (Wildman–Crippen LogP) is 1.55. The first-order chi connectivity index (χ1) is 6.61. The van der Waals surface area contributed by atoms with Crippen LogP contribution in [0, 0.1) is 0 Å². The summed E-state index contributed by atoms with van der Waals surface area (Å²) >= 11 is 6.56. The molecule has 0 radical (unpaired) electrons. The van der Waals surface area contributed by atoms with Gasteiger partial charge in [0.2, 0.25) is 5.91 Å². The number of thiazole rings is 1. The van der Waals surface area contributed by atoms with Gasteiger partial charge >= 0.3 is 5.97 Å². The largest absolute Gasteiger partial charge is 0.358 e. The van der Waals surface area contributed by atoms with Crippen LogP contribution in [0.15, 0.2) is 6.20 Å². The minimum Gasteiger partial charge on any atom is -0.301 e. The number of carbonyl (C=O) groups is 2. The lowest BCUT2D eigenvalue weighted by Gasteiger charge is -1.97. The van der Waals surface area contributed by atoms with Gasteiger partial charge in [0.15, 0.2) is 5.13 Å². The maximum atomic E-state index is 11.2. The second kappa shape index (κ2) is 4.87. The molecule has 8 heteroatoms. The lowest BCUT2D eigenvalue weighted by atomic mass is 10.4. The van der Waals surface area contributed by atoms with Crippen molar-refractivity contribution in [2.45, 2.75) is 6.42 Å². The zero-order valence-electron chi connectivity index (χ0n) is 6.62. The van der Waals surface area contributed by atoms with Gasteiger partial charge in [0.05, 0.1) is 6.20 Å². The summed E-state index contributed by atoms with van der Waals surface area (Å²) in [4.78, 5) is 27.8. The zero-order valence-corrected chi connectivity index (χ0v) is 8.19. The predicted molar refractivity (Wildman–Crippen MR) is 47.6 cm³/mol. The van der Waals surface area contributed by atoms with E-state index in [2.05, 4.69) is 15.2 Å². The molecule has 1 aromatic heterocycles. The normalized spacial score (nSPS) is 9.57. The molecule has 0 unspecified atom stereocenters. The highest BCUT2D eigenvalue weighted by Gasteiger charge is 2.12. The van der Waals surface area contributed by atoms with Gasteiger partial charge in [-0.2, -0.15) is 0 Å². The Bertz CT molecular complexity index is 357. The van der Waals surface area contributed by atoms with Gasteiger partial charge in [-0.1, -0.05) is 22.9 Å².